The quantitative estimate of drug-likeness (QED) is 0.811. The van der Waals surface area contributed by atoms with Crippen LogP contribution in [0.4, 0.5) is 0 Å². The van der Waals surface area contributed by atoms with E-state index in [4.69, 9.17) is 4.74 Å². The van der Waals surface area contributed by atoms with Crippen molar-refractivity contribution in [2.75, 3.05) is 13.3 Å². The molecular formula is C11H14N2O2S. The fraction of sp³-hybridized carbons (Fsp3) is 0.455. The van der Waals surface area contributed by atoms with Crippen LogP contribution in [-0.4, -0.2) is 30.3 Å². The number of carbonyl (C=O) groups excluding carboxylic acids is 1. The van der Waals surface area contributed by atoms with E-state index >= 15 is 0 Å². The Morgan fingerprint density at radius 1 is 1.62 bits per heavy atom. The molecule has 1 N–H and O–H groups in total. The Morgan fingerprint density at radius 2 is 2.38 bits per heavy atom. The lowest BCUT2D eigenvalue weighted by molar-refractivity contribution is 0.0958. The minimum atomic E-state index is -0.157. The maximum atomic E-state index is 11.6. The normalized spacial score (nSPS) is 14.6. The Balaban J connectivity index is 2.29. The van der Waals surface area contributed by atoms with Crippen LogP contribution in [0.5, 0.6) is 5.75 Å². The Bertz CT molecular complexity index is 405. The lowest BCUT2D eigenvalue weighted by Crippen LogP contribution is -2.19. The molecule has 0 aliphatic heterocycles. The molecule has 16 heavy (non-hydrogen) atoms. The predicted molar refractivity (Wildman–Crippen MR) is 63.1 cm³/mol. The summed E-state index contributed by atoms with van der Waals surface area (Å²) in [6.07, 6.45) is 5.94. The molecular weight excluding hydrogens is 224 g/mol. The lowest BCUT2D eigenvalue weighted by Gasteiger charge is -2.10. The zero-order chi connectivity index (χ0) is 11.5. The molecule has 1 amide bonds. The molecule has 1 aliphatic rings. The number of amides is 1. The number of aromatic nitrogens is 1. The highest BCUT2D eigenvalue weighted by molar-refractivity contribution is 7.98. The number of carbonyl (C=O) groups is 1. The van der Waals surface area contributed by atoms with Crippen LogP contribution in [0.15, 0.2) is 17.3 Å². The molecule has 0 aromatic carbocycles. The van der Waals surface area contributed by atoms with E-state index in [-0.39, 0.29) is 12.0 Å². The van der Waals surface area contributed by atoms with Crippen LogP contribution in [0.25, 0.3) is 0 Å². The molecule has 0 bridgehead atoms. The zero-order valence-corrected chi connectivity index (χ0v) is 10.1. The highest BCUT2D eigenvalue weighted by atomic mass is 32.2. The first-order chi connectivity index (χ1) is 7.74. The van der Waals surface area contributed by atoms with Crippen molar-refractivity contribution in [1.82, 2.24) is 10.3 Å². The monoisotopic (exact) mass is 238 g/mol. The van der Waals surface area contributed by atoms with E-state index in [0.717, 1.165) is 17.9 Å². The second-order valence-electron chi connectivity index (χ2n) is 3.62. The average molecular weight is 238 g/mol. The van der Waals surface area contributed by atoms with Gasteiger partial charge in [-0.15, -0.1) is 11.8 Å². The molecule has 86 valence electrons. The van der Waals surface area contributed by atoms with Crippen molar-refractivity contribution in [3.8, 4) is 5.75 Å². The fourth-order valence-electron chi connectivity index (χ4n) is 1.30. The number of rotatable bonds is 4. The van der Waals surface area contributed by atoms with Crippen molar-refractivity contribution in [3.63, 3.8) is 0 Å². The van der Waals surface area contributed by atoms with Crippen molar-refractivity contribution in [2.24, 2.45) is 0 Å². The number of hydrogen-bond acceptors (Lipinski definition) is 4. The van der Waals surface area contributed by atoms with Gasteiger partial charge >= 0.3 is 0 Å². The van der Waals surface area contributed by atoms with Gasteiger partial charge < -0.3 is 10.1 Å². The second kappa shape index (κ2) is 4.74. The van der Waals surface area contributed by atoms with Gasteiger partial charge in [0.15, 0.2) is 0 Å². The van der Waals surface area contributed by atoms with Gasteiger partial charge in [-0.3, -0.25) is 4.79 Å². The number of hydrogen-bond donors (Lipinski definition) is 1. The molecule has 1 aromatic heterocycles. The summed E-state index contributed by atoms with van der Waals surface area (Å²) in [5, 5.41) is 3.45. The van der Waals surface area contributed by atoms with Crippen molar-refractivity contribution >= 4 is 17.7 Å². The van der Waals surface area contributed by atoms with Crippen LogP contribution < -0.4 is 10.1 Å². The van der Waals surface area contributed by atoms with Gasteiger partial charge in [0.1, 0.15) is 5.75 Å². The molecule has 0 radical (unpaired) electrons. The lowest BCUT2D eigenvalue weighted by atomic mass is 10.2. The summed E-state index contributed by atoms with van der Waals surface area (Å²) in [5.74, 6) is 0.483. The summed E-state index contributed by atoms with van der Waals surface area (Å²) >= 11 is 1.54. The number of ether oxygens (including phenoxy) is 1. The molecule has 5 heteroatoms. The third kappa shape index (κ3) is 2.47. The Kier molecular flexibility index (Phi) is 3.33. The first-order valence-electron chi connectivity index (χ1n) is 5.17. The fourth-order valence-corrected chi connectivity index (χ4v) is 1.68. The largest absolute Gasteiger partial charge is 0.489 e. The molecule has 0 spiro atoms. The summed E-state index contributed by atoms with van der Waals surface area (Å²) in [6.45, 7) is 0. The van der Waals surface area contributed by atoms with E-state index in [9.17, 15) is 4.79 Å². The van der Waals surface area contributed by atoms with E-state index in [1.807, 2.05) is 12.3 Å². The number of nitrogens with zero attached hydrogens (tertiary/aromatic N) is 1. The van der Waals surface area contributed by atoms with E-state index in [0.29, 0.717) is 11.3 Å². The summed E-state index contributed by atoms with van der Waals surface area (Å²) in [4.78, 5) is 15.8. The van der Waals surface area contributed by atoms with Crippen molar-refractivity contribution in [1.29, 1.82) is 0 Å². The Morgan fingerprint density at radius 3 is 2.94 bits per heavy atom. The van der Waals surface area contributed by atoms with Crippen molar-refractivity contribution in [3.05, 3.63) is 17.8 Å². The van der Waals surface area contributed by atoms with Crippen LogP contribution in [0, 0.1) is 0 Å². The third-order valence-electron chi connectivity index (χ3n) is 2.34. The van der Waals surface area contributed by atoms with Crippen LogP contribution in [0.3, 0.4) is 0 Å². The molecule has 0 atom stereocenters. The highest BCUT2D eigenvalue weighted by Gasteiger charge is 2.26. The van der Waals surface area contributed by atoms with Gasteiger partial charge in [-0.2, -0.15) is 0 Å². The van der Waals surface area contributed by atoms with Gasteiger partial charge in [0.2, 0.25) is 0 Å². The van der Waals surface area contributed by atoms with Gasteiger partial charge in [-0.1, -0.05) is 0 Å². The standard InChI is InChI=1S/C11H14N2O2S/c1-12-11(14)8-6-13-10(16-2)5-9(8)15-7-3-4-7/h5-7H,3-4H2,1-2H3,(H,12,14). The van der Waals surface area contributed by atoms with Crippen LogP contribution >= 0.6 is 11.8 Å². The average Bonchev–Trinajstić information content (AvgIpc) is 3.12. The zero-order valence-electron chi connectivity index (χ0n) is 9.32. The third-order valence-corrected chi connectivity index (χ3v) is 2.98. The Labute approximate surface area is 98.8 Å². The smallest absolute Gasteiger partial charge is 0.256 e. The highest BCUT2D eigenvalue weighted by Crippen LogP contribution is 2.30. The molecule has 0 saturated heterocycles. The van der Waals surface area contributed by atoms with Gasteiger partial charge in [0, 0.05) is 19.3 Å². The van der Waals surface area contributed by atoms with Gasteiger partial charge in [0.25, 0.3) is 5.91 Å². The number of pyridine rings is 1. The summed E-state index contributed by atoms with van der Waals surface area (Å²) in [5.41, 5.74) is 0.507. The molecule has 4 nitrogen and oxygen atoms in total. The molecule has 1 fully saturated rings. The van der Waals surface area contributed by atoms with E-state index in [1.54, 1.807) is 13.2 Å². The maximum Gasteiger partial charge on any atom is 0.256 e. The van der Waals surface area contributed by atoms with Crippen LogP contribution in [0.2, 0.25) is 0 Å². The first kappa shape index (κ1) is 11.3. The van der Waals surface area contributed by atoms with Crippen molar-refractivity contribution < 1.29 is 9.53 Å². The molecule has 1 saturated carbocycles. The first-order valence-corrected chi connectivity index (χ1v) is 6.40. The molecule has 1 aliphatic carbocycles. The van der Waals surface area contributed by atoms with Gasteiger partial charge in [0.05, 0.1) is 16.7 Å². The van der Waals surface area contributed by atoms with E-state index < -0.39 is 0 Å². The molecule has 2 rings (SSSR count). The minimum Gasteiger partial charge on any atom is -0.489 e. The minimum absolute atomic E-state index is 0.157. The SMILES string of the molecule is CNC(=O)c1cnc(SC)cc1OC1CC1. The van der Waals surface area contributed by atoms with Gasteiger partial charge in [-0.05, 0) is 19.1 Å². The second-order valence-corrected chi connectivity index (χ2v) is 4.45. The summed E-state index contributed by atoms with van der Waals surface area (Å²) in [6, 6.07) is 1.83. The predicted octanol–water partition coefficient (Wildman–Crippen LogP) is 1.70. The van der Waals surface area contributed by atoms with Crippen molar-refractivity contribution in [2.45, 2.75) is 24.0 Å². The van der Waals surface area contributed by atoms with Crippen LogP contribution in [-0.2, 0) is 0 Å². The molecule has 1 heterocycles. The van der Waals surface area contributed by atoms with E-state index in [2.05, 4.69) is 10.3 Å². The van der Waals surface area contributed by atoms with Gasteiger partial charge in [-0.25, -0.2) is 4.98 Å². The van der Waals surface area contributed by atoms with E-state index in [1.165, 1.54) is 11.8 Å². The Hall–Kier alpha value is -1.23. The summed E-state index contributed by atoms with van der Waals surface area (Å²) < 4.78 is 5.71. The number of thioether (sulfide) groups is 1. The molecule has 0 unspecified atom stereocenters. The maximum absolute atomic E-state index is 11.6. The summed E-state index contributed by atoms with van der Waals surface area (Å²) in [7, 11) is 1.60. The number of nitrogens with one attached hydrogen (secondary N) is 1. The molecule has 1 aromatic rings. The van der Waals surface area contributed by atoms with Crippen LogP contribution in [0.1, 0.15) is 23.2 Å². The topological polar surface area (TPSA) is 51.2 Å².